The first-order valence-corrected chi connectivity index (χ1v) is 11.3. The molecule has 29 heavy (non-hydrogen) atoms. The van der Waals surface area contributed by atoms with Crippen molar-refractivity contribution in [1.29, 1.82) is 0 Å². The van der Waals surface area contributed by atoms with Crippen LogP contribution in [0.25, 0.3) is 0 Å². The molecule has 0 spiro atoms. The third-order valence-corrected chi connectivity index (χ3v) is 5.76. The van der Waals surface area contributed by atoms with Crippen molar-refractivity contribution in [2.45, 2.75) is 30.8 Å². The second-order valence-electron chi connectivity index (χ2n) is 7.19. The molecule has 0 aliphatic carbocycles. The molecule has 7 nitrogen and oxygen atoms in total. The van der Waals surface area contributed by atoms with Gasteiger partial charge in [-0.2, -0.15) is 0 Å². The standard InChI is InChI=1S/C21H24N2O5S/c1-29(27,28)22-19(20(24)23-14-8-13-17(23)21(25)26)18(15-9-4-2-5-10-15)16-11-6-3-7-12-16/h2-7,9-12,17-19,22H,8,13-14H2,1H3,(H,25,26)/t17-,19+/m0/s1. The Morgan fingerprint density at radius 3 is 2.00 bits per heavy atom. The summed E-state index contributed by atoms with van der Waals surface area (Å²) in [6, 6.07) is 16.2. The maximum absolute atomic E-state index is 13.5. The molecule has 0 radical (unpaired) electrons. The summed E-state index contributed by atoms with van der Waals surface area (Å²) in [5.41, 5.74) is 1.53. The van der Waals surface area contributed by atoms with E-state index in [-0.39, 0.29) is 6.54 Å². The lowest BCUT2D eigenvalue weighted by Crippen LogP contribution is -2.54. The number of likely N-dealkylation sites (tertiary alicyclic amines) is 1. The van der Waals surface area contributed by atoms with Gasteiger partial charge in [0, 0.05) is 12.5 Å². The number of carboxylic acids is 1. The molecule has 1 amide bonds. The van der Waals surface area contributed by atoms with E-state index in [2.05, 4.69) is 4.72 Å². The van der Waals surface area contributed by atoms with Crippen LogP contribution in [0.3, 0.4) is 0 Å². The lowest BCUT2D eigenvalue weighted by atomic mass is 9.84. The second-order valence-corrected chi connectivity index (χ2v) is 8.97. The smallest absolute Gasteiger partial charge is 0.326 e. The first kappa shape index (κ1) is 21.0. The number of hydrogen-bond acceptors (Lipinski definition) is 4. The Bertz CT molecular complexity index is 924. The molecule has 1 fully saturated rings. The van der Waals surface area contributed by atoms with E-state index >= 15 is 0 Å². The van der Waals surface area contributed by atoms with Crippen LogP contribution in [-0.2, 0) is 19.6 Å². The largest absolute Gasteiger partial charge is 0.480 e. The van der Waals surface area contributed by atoms with Gasteiger partial charge in [-0.25, -0.2) is 17.9 Å². The SMILES string of the molecule is CS(=O)(=O)N[C@@H](C(=O)N1CCC[C@H]1C(=O)O)C(c1ccccc1)c1ccccc1. The molecule has 1 saturated heterocycles. The number of carbonyl (C=O) groups is 2. The minimum absolute atomic E-state index is 0.286. The summed E-state index contributed by atoms with van der Waals surface area (Å²) in [7, 11) is -3.74. The number of carbonyl (C=O) groups excluding carboxylic acids is 1. The van der Waals surface area contributed by atoms with Gasteiger partial charge in [0.05, 0.1) is 6.26 Å². The highest BCUT2D eigenvalue weighted by Crippen LogP contribution is 2.31. The zero-order chi connectivity index (χ0) is 21.0. The number of carboxylic acid groups (broad SMARTS) is 1. The maximum atomic E-state index is 13.5. The van der Waals surface area contributed by atoms with Gasteiger partial charge in [-0.3, -0.25) is 4.79 Å². The minimum atomic E-state index is -3.74. The number of nitrogens with zero attached hydrogens (tertiary/aromatic N) is 1. The van der Waals surface area contributed by atoms with E-state index in [4.69, 9.17) is 0 Å². The number of hydrogen-bond donors (Lipinski definition) is 2. The number of benzene rings is 2. The number of rotatable bonds is 7. The molecule has 2 aromatic carbocycles. The highest BCUT2D eigenvalue weighted by molar-refractivity contribution is 7.88. The van der Waals surface area contributed by atoms with Crippen LogP contribution >= 0.6 is 0 Å². The van der Waals surface area contributed by atoms with Crippen LogP contribution in [0.4, 0.5) is 0 Å². The monoisotopic (exact) mass is 416 g/mol. The summed E-state index contributed by atoms with van der Waals surface area (Å²) in [5.74, 6) is -2.21. The predicted molar refractivity (Wildman–Crippen MR) is 109 cm³/mol. The molecule has 2 atom stereocenters. The third-order valence-electron chi connectivity index (χ3n) is 5.08. The quantitative estimate of drug-likeness (QED) is 0.716. The molecule has 0 bridgehead atoms. The second kappa shape index (κ2) is 8.75. The van der Waals surface area contributed by atoms with Gasteiger partial charge >= 0.3 is 5.97 Å². The van der Waals surface area contributed by atoms with Gasteiger partial charge in [-0.1, -0.05) is 60.7 Å². The van der Waals surface area contributed by atoms with E-state index in [1.54, 1.807) is 0 Å². The van der Waals surface area contributed by atoms with Gasteiger partial charge in [0.2, 0.25) is 15.9 Å². The predicted octanol–water partition coefficient (Wildman–Crippen LogP) is 1.81. The van der Waals surface area contributed by atoms with Crippen molar-refractivity contribution >= 4 is 21.9 Å². The van der Waals surface area contributed by atoms with Crippen LogP contribution in [-0.4, -0.2) is 55.2 Å². The van der Waals surface area contributed by atoms with E-state index in [9.17, 15) is 23.1 Å². The average Bonchev–Trinajstić information content (AvgIpc) is 3.18. The summed E-state index contributed by atoms with van der Waals surface area (Å²) in [6.07, 6.45) is 1.92. The molecule has 0 unspecified atom stereocenters. The van der Waals surface area contributed by atoms with Gasteiger partial charge < -0.3 is 10.0 Å². The van der Waals surface area contributed by atoms with Crippen molar-refractivity contribution in [3.05, 3.63) is 71.8 Å². The van der Waals surface area contributed by atoms with E-state index in [1.165, 1.54) is 4.90 Å². The first-order chi connectivity index (χ1) is 13.8. The van der Waals surface area contributed by atoms with Crippen molar-refractivity contribution < 1.29 is 23.1 Å². The summed E-state index contributed by atoms with van der Waals surface area (Å²) >= 11 is 0. The van der Waals surface area contributed by atoms with Crippen molar-refractivity contribution in [2.75, 3.05) is 12.8 Å². The molecule has 3 rings (SSSR count). The fourth-order valence-electron chi connectivity index (χ4n) is 3.86. The summed E-state index contributed by atoms with van der Waals surface area (Å²) < 4.78 is 26.8. The van der Waals surface area contributed by atoms with E-state index in [0.29, 0.717) is 12.8 Å². The summed E-state index contributed by atoms with van der Waals surface area (Å²) in [4.78, 5) is 26.3. The average molecular weight is 416 g/mol. The third kappa shape index (κ3) is 5.02. The van der Waals surface area contributed by atoms with Crippen molar-refractivity contribution in [3.63, 3.8) is 0 Å². The Balaban J connectivity index is 2.09. The summed E-state index contributed by atoms with van der Waals surface area (Å²) in [6.45, 7) is 0.286. The van der Waals surface area contributed by atoms with E-state index < -0.39 is 39.9 Å². The minimum Gasteiger partial charge on any atom is -0.480 e. The van der Waals surface area contributed by atoms with Crippen LogP contribution in [0.5, 0.6) is 0 Å². The maximum Gasteiger partial charge on any atom is 0.326 e. The Hall–Kier alpha value is -2.71. The van der Waals surface area contributed by atoms with Gasteiger partial charge in [-0.05, 0) is 24.0 Å². The molecule has 0 saturated carbocycles. The molecule has 1 aliphatic heterocycles. The molecule has 1 heterocycles. The molecule has 2 N–H and O–H groups in total. The molecular weight excluding hydrogens is 392 g/mol. The first-order valence-electron chi connectivity index (χ1n) is 9.38. The van der Waals surface area contributed by atoms with Gasteiger partial charge in [0.1, 0.15) is 12.1 Å². The van der Waals surface area contributed by atoms with Crippen LogP contribution in [0.2, 0.25) is 0 Å². The summed E-state index contributed by atoms with van der Waals surface area (Å²) in [5, 5.41) is 9.49. The van der Waals surface area contributed by atoms with Gasteiger partial charge in [-0.15, -0.1) is 0 Å². The molecule has 8 heteroatoms. The highest BCUT2D eigenvalue weighted by Gasteiger charge is 2.41. The fraction of sp³-hybridized carbons (Fsp3) is 0.333. The lowest BCUT2D eigenvalue weighted by molar-refractivity contribution is -0.149. The van der Waals surface area contributed by atoms with Crippen molar-refractivity contribution in [1.82, 2.24) is 9.62 Å². The normalized spacial score (nSPS) is 18.0. The van der Waals surface area contributed by atoms with E-state index in [0.717, 1.165) is 17.4 Å². The molecule has 1 aliphatic rings. The number of nitrogens with one attached hydrogen (secondary N) is 1. The Labute approximate surface area is 170 Å². The van der Waals surface area contributed by atoms with Crippen LogP contribution in [0.15, 0.2) is 60.7 Å². The Kier molecular flexibility index (Phi) is 6.34. The van der Waals surface area contributed by atoms with Crippen LogP contribution < -0.4 is 4.72 Å². The molecule has 2 aromatic rings. The van der Waals surface area contributed by atoms with Crippen LogP contribution in [0.1, 0.15) is 29.9 Å². The topological polar surface area (TPSA) is 104 Å². The number of aliphatic carboxylic acids is 1. The Morgan fingerprint density at radius 2 is 1.55 bits per heavy atom. The zero-order valence-corrected chi connectivity index (χ0v) is 16.9. The Morgan fingerprint density at radius 1 is 1.03 bits per heavy atom. The lowest BCUT2D eigenvalue weighted by Gasteiger charge is -2.32. The molecular formula is C21H24N2O5S. The zero-order valence-electron chi connectivity index (χ0n) is 16.1. The molecule has 0 aromatic heterocycles. The highest BCUT2D eigenvalue weighted by atomic mass is 32.2. The number of sulfonamides is 1. The van der Waals surface area contributed by atoms with Gasteiger partial charge in [0.25, 0.3) is 0 Å². The number of amides is 1. The van der Waals surface area contributed by atoms with Crippen LogP contribution in [0, 0.1) is 0 Å². The molecule has 154 valence electrons. The van der Waals surface area contributed by atoms with Crippen molar-refractivity contribution in [2.24, 2.45) is 0 Å². The fourth-order valence-corrected chi connectivity index (χ4v) is 4.55. The van der Waals surface area contributed by atoms with E-state index in [1.807, 2.05) is 60.7 Å². The van der Waals surface area contributed by atoms with Crippen molar-refractivity contribution in [3.8, 4) is 0 Å². The van der Waals surface area contributed by atoms with Gasteiger partial charge in [0.15, 0.2) is 0 Å².